The van der Waals surface area contributed by atoms with E-state index in [1.54, 1.807) is 18.2 Å². The summed E-state index contributed by atoms with van der Waals surface area (Å²) in [6, 6.07) is 5.27. The molecule has 2 unspecified atom stereocenters. The minimum absolute atomic E-state index is 0.00278. The fourth-order valence-electron chi connectivity index (χ4n) is 3.59. The van der Waals surface area contributed by atoms with Gasteiger partial charge in [0, 0.05) is 28.5 Å². The fourth-order valence-corrected chi connectivity index (χ4v) is 4.18. The highest BCUT2D eigenvalue weighted by Crippen LogP contribution is 2.40. The van der Waals surface area contributed by atoms with E-state index in [4.69, 9.17) is 11.6 Å². The zero-order valence-corrected chi connectivity index (χ0v) is 14.2. The van der Waals surface area contributed by atoms with Crippen molar-refractivity contribution in [2.75, 3.05) is 13.1 Å². The van der Waals surface area contributed by atoms with Crippen molar-refractivity contribution < 1.29 is 9.90 Å². The van der Waals surface area contributed by atoms with Crippen LogP contribution in [0.2, 0.25) is 5.02 Å². The van der Waals surface area contributed by atoms with E-state index in [9.17, 15) is 9.90 Å². The third-order valence-electron chi connectivity index (χ3n) is 4.87. The Labute approximate surface area is 138 Å². The first-order valence-corrected chi connectivity index (χ1v) is 8.63. The van der Waals surface area contributed by atoms with E-state index >= 15 is 0 Å². The van der Waals surface area contributed by atoms with Crippen molar-refractivity contribution >= 4 is 33.4 Å². The van der Waals surface area contributed by atoms with Gasteiger partial charge < -0.3 is 10.0 Å². The number of piperidine rings is 1. The number of rotatable bonds is 1. The molecular weight excluding hydrogens is 354 g/mol. The summed E-state index contributed by atoms with van der Waals surface area (Å²) in [4.78, 5) is 14.6. The molecule has 21 heavy (non-hydrogen) atoms. The number of benzene rings is 1. The smallest absolute Gasteiger partial charge is 0.255 e. The minimum Gasteiger partial charge on any atom is -0.389 e. The Morgan fingerprint density at radius 2 is 2.19 bits per heavy atom. The van der Waals surface area contributed by atoms with Crippen molar-refractivity contribution in [3.63, 3.8) is 0 Å². The Kier molecular flexibility index (Phi) is 4.30. The van der Waals surface area contributed by atoms with Gasteiger partial charge in [0.2, 0.25) is 0 Å². The maximum absolute atomic E-state index is 12.7. The average Bonchev–Trinajstić information content (AvgIpc) is 2.48. The summed E-state index contributed by atoms with van der Waals surface area (Å²) in [5, 5.41) is 11.3. The molecule has 2 fully saturated rings. The van der Waals surface area contributed by atoms with Crippen LogP contribution >= 0.6 is 27.5 Å². The van der Waals surface area contributed by atoms with E-state index in [1.807, 2.05) is 4.90 Å². The first kappa shape index (κ1) is 15.3. The molecule has 1 heterocycles. The van der Waals surface area contributed by atoms with Gasteiger partial charge in [-0.25, -0.2) is 0 Å². The molecule has 1 saturated heterocycles. The van der Waals surface area contributed by atoms with Crippen molar-refractivity contribution in [3.8, 4) is 0 Å². The molecule has 1 N–H and O–H groups in total. The number of hydrogen-bond donors (Lipinski definition) is 1. The first-order chi connectivity index (χ1) is 9.99. The molecule has 1 amide bonds. The Hall–Kier alpha value is -0.580. The molecule has 0 radical (unpaired) electrons. The van der Waals surface area contributed by atoms with E-state index in [1.165, 1.54) is 0 Å². The van der Waals surface area contributed by atoms with Crippen molar-refractivity contribution in [3.05, 3.63) is 33.3 Å². The molecule has 1 saturated carbocycles. The third kappa shape index (κ3) is 2.99. The van der Waals surface area contributed by atoms with Crippen LogP contribution in [-0.4, -0.2) is 34.6 Å². The van der Waals surface area contributed by atoms with Crippen LogP contribution in [-0.2, 0) is 0 Å². The number of fused-ring (bicyclic) bond motifs is 1. The maximum Gasteiger partial charge on any atom is 0.255 e. The number of amides is 1. The van der Waals surface area contributed by atoms with Crippen LogP contribution in [0.4, 0.5) is 0 Å². The topological polar surface area (TPSA) is 40.5 Å². The molecule has 0 spiro atoms. The van der Waals surface area contributed by atoms with Crippen molar-refractivity contribution in [2.24, 2.45) is 5.92 Å². The number of aliphatic hydroxyl groups is 1. The lowest BCUT2D eigenvalue weighted by atomic mass is 9.71. The Morgan fingerprint density at radius 1 is 1.38 bits per heavy atom. The van der Waals surface area contributed by atoms with Crippen LogP contribution < -0.4 is 0 Å². The number of likely N-dealkylation sites (tertiary alicyclic amines) is 1. The monoisotopic (exact) mass is 371 g/mol. The second kappa shape index (κ2) is 5.90. The number of nitrogens with zero attached hydrogens (tertiary/aromatic N) is 1. The molecule has 2 aliphatic rings. The van der Waals surface area contributed by atoms with Crippen LogP contribution in [0.25, 0.3) is 0 Å². The van der Waals surface area contributed by atoms with Crippen LogP contribution in [0.1, 0.15) is 42.5 Å². The molecule has 0 bridgehead atoms. The summed E-state index contributed by atoms with van der Waals surface area (Å²) in [6.07, 6.45) is 4.82. The standard InChI is InChI=1S/C16H19BrClNO2/c17-14-5-4-12(18)9-13(14)15(20)19-8-7-16(21)6-2-1-3-11(16)10-19/h4-5,9,11,21H,1-3,6-8,10H2. The molecule has 1 aromatic rings. The predicted molar refractivity (Wildman–Crippen MR) is 86.6 cm³/mol. The van der Waals surface area contributed by atoms with E-state index in [0.29, 0.717) is 30.1 Å². The summed E-state index contributed by atoms with van der Waals surface area (Å²) in [6.45, 7) is 1.26. The van der Waals surface area contributed by atoms with Gasteiger partial charge in [-0.05, 0) is 53.4 Å². The summed E-state index contributed by atoms with van der Waals surface area (Å²) in [5.41, 5.74) is 0.0457. The lowest BCUT2D eigenvalue weighted by Crippen LogP contribution is -2.54. The Morgan fingerprint density at radius 3 is 3.00 bits per heavy atom. The molecule has 1 aromatic carbocycles. The fraction of sp³-hybridized carbons (Fsp3) is 0.562. The first-order valence-electron chi connectivity index (χ1n) is 7.46. The highest BCUT2D eigenvalue weighted by Gasteiger charge is 2.43. The summed E-state index contributed by atoms with van der Waals surface area (Å²) in [5.74, 6) is 0.207. The van der Waals surface area contributed by atoms with Gasteiger partial charge in [0.05, 0.1) is 11.2 Å². The highest BCUT2D eigenvalue weighted by molar-refractivity contribution is 9.10. The quantitative estimate of drug-likeness (QED) is 0.813. The SMILES string of the molecule is O=C(c1cc(Cl)ccc1Br)N1CCC2(O)CCCCC2C1. The van der Waals surface area contributed by atoms with Gasteiger partial charge in [-0.15, -0.1) is 0 Å². The molecule has 1 aliphatic heterocycles. The largest absolute Gasteiger partial charge is 0.389 e. The average molecular weight is 373 g/mol. The highest BCUT2D eigenvalue weighted by atomic mass is 79.9. The molecule has 5 heteroatoms. The van der Waals surface area contributed by atoms with Crippen LogP contribution in [0.5, 0.6) is 0 Å². The van der Waals surface area contributed by atoms with E-state index in [0.717, 1.165) is 30.2 Å². The Balaban J connectivity index is 1.79. The van der Waals surface area contributed by atoms with Gasteiger partial charge in [0.25, 0.3) is 5.91 Å². The number of carbonyl (C=O) groups excluding carboxylic acids is 1. The number of halogens is 2. The molecule has 3 rings (SSSR count). The van der Waals surface area contributed by atoms with Crippen molar-refractivity contribution in [2.45, 2.75) is 37.7 Å². The van der Waals surface area contributed by atoms with Crippen LogP contribution in [0, 0.1) is 5.92 Å². The van der Waals surface area contributed by atoms with Crippen LogP contribution in [0.15, 0.2) is 22.7 Å². The summed E-state index contributed by atoms with van der Waals surface area (Å²) < 4.78 is 0.765. The van der Waals surface area contributed by atoms with E-state index in [-0.39, 0.29) is 11.8 Å². The normalized spacial score (nSPS) is 29.1. The predicted octanol–water partition coefficient (Wildman–Crippen LogP) is 3.87. The van der Waals surface area contributed by atoms with Crippen molar-refractivity contribution in [1.29, 1.82) is 0 Å². The summed E-state index contributed by atoms with van der Waals surface area (Å²) >= 11 is 9.42. The van der Waals surface area contributed by atoms with Gasteiger partial charge in [-0.3, -0.25) is 4.79 Å². The van der Waals surface area contributed by atoms with Crippen molar-refractivity contribution in [1.82, 2.24) is 4.90 Å². The number of carbonyl (C=O) groups is 1. The van der Waals surface area contributed by atoms with Gasteiger partial charge in [0.1, 0.15) is 0 Å². The van der Waals surface area contributed by atoms with Gasteiger partial charge in [-0.1, -0.05) is 24.4 Å². The summed E-state index contributed by atoms with van der Waals surface area (Å²) in [7, 11) is 0. The molecular formula is C16H19BrClNO2. The molecule has 1 aliphatic carbocycles. The maximum atomic E-state index is 12.7. The number of hydrogen-bond acceptors (Lipinski definition) is 2. The Bertz CT molecular complexity index is 565. The lowest BCUT2D eigenvalue weighted by Gasteiger charge is -2.47. The van der Waals surface area contributed by atoms with E-state index in [2.05, 4.69) is 15.9 Å². The lowest BCUT2D eigenvalue weighted by molar-refractivity contribution is -0.0886. The van der Waals surface area contributed by atoms with Gasteiger partial charge in [0.15, 0.2) is 0 Å². The van der Waals surface area contributed by atoms with Crippen LogP contribution in [0.3, 0.4) is 0 Å². The van der Waals surface area contributed by atoms with Gasteiger partial charge in [-0.2, -0.15) is 0 Å². The van der Waals surface area contributed by atoms with Gasteiger partial charge >= 0.3 is 0 Å². The second-order valence-corrected chi connectivity index (χ2v) is 7.46. The third-order valence-corrected chi connectivity index (χ3v) is 5.80. The molecule has 2 atom stereocenters. The molecule has 0 aromatic heterocycles. The second-order valence-electron chi connectivity index (χ2n) is 6.17. The zero-order valence-electron chi connectivity index (χ0n) is 11.8. The molecule has 114 valence electrons. The van der Waals surface area contributed by atoms with E-state index < -0.39 is 5.60 Å². The minimum atomic E-state index is -0.555. The zero-order chi connectivity index (χ0) is 15.0. The molecule has 3 nitrogen and oxygen atoms in total.